The Balaban J connectivity index is 2.06. The molecule has 0 amide bonds. The molecule has 2 fully saturated rings. The maximum atomic E-state index is 10.2. The van der Waals surface area contributed by atoms with Crippen molar-refractivity contribution in [3.8, 4) is 0 Å². The van der Waals surface area contributed by atoms with Gasteiger partial charge >= 0.3 is 0 Å². The third-order valence-electron chi connectivity index (χ3n) is 2.57. The molecule has 44 valence electrons. The lowest BCUT2D eigenvalue weighted by atomic mass is 10.1. The number of rotatable bonds is 1. The molecule has 2 aliphatic rings. The summed E-state index contributed by atoms with van der Waals surface area (Å²) in [6.45, 7) is 0. The van der Waals surface area contributed by atoms with E-state index in [9.17, 15) is 4.79 Å². The van der Waals surface area contributed by atoms with E-state index in [1.165, 1.54) is 19.3 Å². The molecule has 0 bridgehead atoms. The highest BCUT2D eigenvalue weighted by Crippen LogP contribution is 2.54. The Morgan fingerprint density at radius 2 is 2.25 bits per heavy atom. The molecule has 0 saturated heterocycles. The Labute approximate surface area is 49.1 Å². The number of carbonyl (C=O) groups is 1. The number of carbonyl (C=O) groups excluding carboxylic acids is 1. The van der Waals surface area contributed by atoms with E-state index in [4.69, 9.17) is 0 Å². The highest BCUT2D eigenvalue weighted by atomic mass is 16.1. The molecule has 2 unspecified atom stereocenters. The molecule has 1 heteroatoms. The fourth-order valence-corrected chi connectivity index (χ4v) is 1.92. The summed E-state index contributed by atoms with van der Waals surface area (Å²) in [5.41, 5.74) is 0. The van der Waals surface area contributed by atoms with E-state index in [1.54, 1.807) is 0 Å². The van der Waals surface area contributed by atoms with E-state index >= 15 is 0 Å². The smallest absolute Gasteiger partial charge is 0.123 e. The van der Waals surface area contributed by atoms with Crippen molar-refractivity contribution in [1.82, 2.24) is 0 Å². The van der Waals surface area contributed by atoms with E-state index in [0.29, 0.717) is 5.92 Å². The van der Waals surface area contributed by atoms with Crippen LogP contribution in [0.4, 0.5) is 0 Å². The largest absolute Gasteiger partial charge is 0.303 e. The van der Waals surface area contributed by atoms with Crippen LogP contribution in [-0.4, -0.2) is 6.29 Å². The molecule has 2 aliphatic carbocycles. The van der Waals surface area contributed by atoms with E-state index in [0.717, 1.165) is 18.1 Å². The Morgan fingerprint density at radius 1 is 1.38 bits per heavy atom. The Morgan fingerprint density at radius 3 is 2.50 bits per heavy atom. The Hall–Kier alpha value is -0.330. The van der Waals surface area contributed by atoms with Crippen LogP contribution in [0.3, 0.4) is 0 Å². The monoisotopic (exact) mass is 110 g/mol. The summed E-state index contributed by atoms with van der Waals surface area (Å²) in [5, 5.41) is 0. The Bertz CT molecular complexity index is 120. The summed E-state index contributed by atoms with van der Waals surface area (Å²) in [5.74, 6) is 2.25. The average molecular weight is 110 g/mol. The van der Waals surface area contributed by atoms with Crippen molar-refractivity contribution in [3.63, 3.8) is 0 Å². The molecule has 0 spiro atoms. The second kappa shape index (κ2) is 1.34. The molecule has 0 aromatic rings. The topological polar surface area (TPSA) is 17.1 Å². The summed E-state index contributed by atoms with van der Waals surface area (Å²) in [6.07, 6.45) is 5.01. The van der Waals surface area contributed by atoms with Crippen LogP contribution in [0.25, 0.3) is 0 Å². The van der Waals surface area contributed by atoms with Crippen molar-refractivity contribution >= 4 is 6.29 Å². The van der Waals surface area contributed by atoms with Gasteiger partial charge in [0.25, 0.3) is 0 Å². The first-order valence-electron chi connectivity index (χ1n) is 3.37. The van der Waals surface area contributed by atoms with Crippen LogP contribution in [0.5, 0.6) is 0 Å². The fourth-order valence-electron chi connectivity index (χ4n) is 1.92. The summed E-state index contributed by atoms with van der Waals surface area (Å²) in [7, 11) is 0. The second-order valence-electron chi connectivity index (χ2n) is 3.04. The van der Waals surface area contributed by atoms with Crippen molar-refractivity contribution in [2.45, 2.75) is 19.3 Å². The molecule has 2 rings (SSSR count). The van der Waals surface area contributed by atoms with Crippen molar-refractivity contribution in [3.05, 3.63) is 0 Å². The minimum absolute atomic E-state index is 0.458. The fraction of sp³-hybridized carbons (Fsp3) is 0.857. The normalized spacial score (nSPS) is 50.8. The van der Waals surface area contributed by atoms with Crippen LogP contribution in [-0.2, 0) is 4.79 Å². The highest BCUT2D eigenvalue weighted by Gasteiger charge is 2.47. The van der Waals surface area contributed by atoms with Crippen molar-refractivity contribution in [1.29, 1.82) is 0 Å². The molecule has 0 N–H and O–H groups in total. The van der Waals surface area contributed by atoms with Gasteiger partial charge in [0.15, 0.2) is 0 Å². The quantitative estimate of drug-likeness (QED) is 0.464. The summed E-state index contributed by atoms with van der Waals surface area (Å²) < 4.78 is 0. The van der Waals surface area contributed by atoms with Gasteiger partial charge in [-0.3, -0.25) is 0 Å². The third-order valence-corrected chi connectivity index (χ3v) is 2.57. The number of hydrogen-bond donors (Lipinski definition) is 0. The molecule has 3 atom stereocenters. The van der Waals surface area contributed by atoms with E-state index in [-0.39, 0.29) is 0 Å². The molecule has 0 aliphatic heterocycles. The van der Waals surface area contributed by atoms with Crippen molar-refractivity contribution in [2.24, 2.45) is 17.8 Å². The van der Waals surface area contributed by atoms with Gasteiger partial charge in [-0.25, -0.2) is 0 Å². The zero-order chi connectivity index (χ0) is 5.56. The minimum Gasteiger partial charge on any atom is -0.303 e. The summed E-state index contributed by atoms with van der Waals surface area (Å²) in [4.78, 5) is 10.2. The van der Waals surface area contributed by atoms with Gasteiger partial charge in [-0.05, 0) is 31.1 Å². The average Bonchev–Trinajstić information content (AvgIpc) is 2.46. The molecule has 0 aromatic carbocycles. The molecule has 0 aromatic heterocycles. The number of fused-ring (bicyclic) bond motifs is 1. The van der Waals surface area contributed by atoms with Crippen LogP contribution in [0.15, 0.2) is 0 Å². The van der Waals surface area contributed by atoms with Crippen LogP contribution < -0.4 is 0 Å². The van der Waals surface area contributed by atoms with Gasteiger partial charge in [0.2, 0.25) is 0 Å². The van der Waals surface area contributed by atoms with Crippen molar-refractivity contribution in [2.75, 3.05) is 0 Å². The first-order valence-corrected chi connectivity index (χ1v) is 3.37. The van der Waals surface area contributed by atoms with Crippen LogP contribution in [0, 0.1) is 17.8 Å². The van der Waals surface area contributed by atoms with Gasteiger partial charge < -0.3 is 4.79 Å². The lowest BCUT2D eigenvalue weighted by molar-refractivity contribution is -0.111. The zero-order valence-corrected chi connectivity index (χ0v) is 4.84. The van der Waals surface area contributed by atoms with Gasteiger partial charge in [-0.2, -0.15) is 0 Å². The molecule has 1 nitrogen and oxygen atoms in total. The third kappa shape index (κ3) is 0.445. The lowest BCUT2D eigenvalue weighted by Crippen LogP contribution is -1.98. The van der Waals surface area contributed by atoms with E-state index < -0.39 is 0 Å². The molecular formula is C7H10O. The molecule has 0 radical (unpaired) electrons. The SMILES string of the molecule is O=C[C@H]1CCC2CC21. The van der Waals surface area contributed by atoms with Gasteiger partial charge in [-0.15, -0.1) is 0 Å². The predicted octanol–water partition coefficient (Wildman–Crippen LogP) is 1.23. The molecule has 8 heavy (non-hydrogen) atoms. The molecule has 2 saturated carbocycles. The number of hydrogen-bond acceptors (Lipinski definition) is 1. The summed E-state index contributed by atoms with van der Waals surface area (Å²) >= 11 is 0. The first kappa shape index (κ1) is 4.54. The second-order valence-corrected chi connectivity index (χ2v) is 3.04. The maximum Gasteiger partial charge on any atom is 0.123 e. The minimum atomic E-state index is 0.458. The number of aldehydes is 1. The van der Waals surface area contributed by atoms with Crippen LogP contribution >= 0.6 is 0 Å². The van der Waals surface area contributed by atoms with E-state index in [2.05, 4.69) is 0 Å². The lowest BCUT2D eigenvalue weighted by Gasteiger charge is -1.96. The van der Waals surface area contributed by atoms with E-state index in [1.807, 2.05) is 0 Å². The van der Waals surface area contributed by atoms with Crippen LogP contribution in [0.1, 0.15) is 19.3 Å². The molecule has 0 heterocycles. The first-order chi connectivity index (χ1) is 3.92. The molecular weight excluding hydrogens is 100 g/mol. The van der Waals surface area contributed by atoms with Crippen molar-refractivity contribution < 1.29 is 4.79 Å². The van der Waals surface area contributed by atoms with Crippen LogP contribution in [0.2, 0.25) is 0 Å². The Kier molecular flexibility index (Phi) is 0.758. The maximum absolute atomic E-state index is 10.2. The predicted molar refractivity (Wildman–Crippen MR) is 30.4 cm³/mol. The zero-order valence-electron chi connectivity index (χ0n) is 4.84. The van der Waals surface area contributed by atoms with Gasteiger partial charge in [0, 0.05) is 5.92 Å². The standard InChI is InChI=1S/C7H10O/c8-4-6-2-1-5-3-7(5)6/h4-7H,1-3H2/t5?,6-,7?/m1/s1. The van der Waals surface area contributed by atoms with Gasteiger partial charge in [0.1, 0.15) is 6.29 Å². The van der Waals surface area contributed by atoms with Gasteiger partial charge in [0.05, 0.1) is 0 Å². The summed E-state index contributed by atoms with van der Waals surface area (Å²) in [6, 6.07) is 0. The highest BCUT2D eigenvalue weighted by molar-refractivity contribution is 5.55. The van der Waals surface area contributed by atoms with Gasteiger partial charge in [-0.1, -0.05) is 0 Å².